The molecule has 12 heavy (non-hydrogen) atoms. The van der Waals surface area contributed by atoms with Crippen LogP contribution < -0.4 is 5.73 Å². The molecule has 0 bridgehead atoms. The Hall–Kier alpha value is -1.51. The van der Waals surface area contributed by atoms with Crippen molar-refractivity contribution in [2.24, 2.45) is 0 Å². The smallest absolute Gasteiger partial charge is 0.336 e. The highest BCUT2D eigenvalue weighted by molar-refractivity contribution is 5.91. The SMILES string of the molecule is Cc1cc(N)c(C)c(C(=O)O)c1. The number of aryl methyl sites for hydroxylation is 1. The summed E-state index contributed by atoms with van der Waals surface area (Å²) in [4.78, 5) is 10.7. The average Bonchev–Trinajstić information content (AvgIpc) is 1.96. The molecule has 0 amide bonds. The average molecular weight is 165 g/mol. The highest BCUT2D eigenvalue weighted by Crippen LogP contribution is 2.18. The van der Waals surface area contributed by atoms with E-state index in [1.165, 1.54) is 0 Å². The molecule has 0 aromatic heterocycles. The van der Waals surface area contributed by atoms with Crippen molar-refractivity contribution < 1.29 is 9.90 Å². The van der Waals surface area contributed by atoms with Crippen LogP contribution in [0.5, 0.6) is 0 Å². The number of hydrogen-bond donors (Lipinski definition) is 2. The number of aromatic carboxylic acids is 1. The monoisotopic (exact) mass is 165 g/mol. The number of nitrogen functional groups attached to an aromatic ring is 1. The van der Waals surface area contributed by atoms with Crippen LogP contribution >= 0.6 is 0 Å². The molecule has 0 aliphatic heterocycles. The molecule has 1 aromatic rings. The molecule has 0 spiro atoms. The molecule has 0 saturated heterocycles. The molecule has 0 radical (unpaired) electrons. The minimum atomic E-state index is -0.928. The summed E-state index contributed by atoms with van der Waals surface area (Å²) in [6.45, 7) is 3.53. The van der Waals surface area contributed by atoms with Crippen molar-refractivity contribution in [3.05, 3.63) is 28.8 Å². The maximum Gasteiger partial charge on any atom is 0.336 e. The Balaban J connectivity index is 3.37. The van der Waals surface area contributed by atoms with Gasteiger partial charge in [-0.3, -0.25) is 0 Å². The summed E-state index contributed by atoms with van der Waals surface area (Å²) in [5.74, 6) is -0.928. The van der Waals surface area contributed by atoms with Crippen LogP contribution in [0.3, 0.4) is 0 Å². The van der Waals surface area contributed by atoms with Gasteiger partial charge in [-0.05, 0) is 37.1 Å². The molecule has 0 unspecified atom stereocenters. The molecular formula is C9H11NO2. The lowest BCUT2D eigenvalue weighted by molar-refractivity contribution is 0.0696. The normalized spacial score (nSPS) is 9.83. The number of benzene rings is 1. The second kappa shape index (κ2) is 2.85. The van der Waals surface area contributed by atoms with E-state index in [-0.39, 0.29) is 5.56 Å². The molecular weight excluding hydrogens is 154 g/mol. The van der Waals surface area contributed by atoms with Crippen LogP contribution in [0.4, 0.5) is 5.69 Å². The first kappa shape index (κ1) is 8.59. The highest BCUT2D eigenvalue weighted by Gasteiger charge is 2.09. The van der Waals surface area contributed by atoms with E-state index >= 15 is 0 Å². The zero-order chi connectivity index (χ0) is 9.30. The second-order valence-electron chi connectivity index (χ2n) is 2.83. The third-order valence-corrected chi connectivity index (χ3v) is 1.82. The molecule has 0 aliphatic carbocycles. The van der Waals surface area contributed by atoms with Crippen molar-refractivity contribution in [2.75, 3.05) is 5.73 Å². The van der Waals surface area contributed by atoms with E-state index < -0.39 is 5.97 Å². The fraction of sp³-hybridized carbons (Fsp3) is 0.222. The summed E-state index contributed by atoms with van der Waals surface area (Å²) >= 11 is 0. The standard InChI is InChI=1S/C9H11NO2/c1-5-3-7(9(11)12)6(2)8(10)4-5/h3-4H,10H2,1-2H3,(H,11,12). The van der Waals surface area contributed by atoms with Crippen molar-refractivity contribution in [1.82, 2.24) is 0 Å². The maximum atomic E-state index is 10.7. The fourth-order valence-electron chi connectivity index (χ4n) is 1.11. The van der Waals surface area contributed by atoms with E-state index in [0.29, 0.717) is 11.3 Å². The number of carboxylic acid groups (broad SMARTS) is 1. The molecule has 64 valence electrons. The van der Waals surface area contributed by atoms with Gasteiger partial charge in [0, 0.05) is 5.69 Å². The Kier molecular flexibility index (Phi) is 2.04. The number of carboxylic acids is 1. The van der Waals surface area contributed by atoms with E-state index in [9.17, 15) is 4.79 Å². The van der Waals surface area contributed by atoms with Gasteiger partial charge in [-0.1, -0.05) is 0 Å². The van der Waals surface area contributed by atoms with Crippen molar-refractivity contribution in [1.29, 1.82) is 0 Å². The van der Waals surface area contributed by atoms with Crippen LogP contribution in [-0.4, -0.2) is 11.1 Å². The van der Waals surface area contributed by atoms with Crippen LogP contribution in [0.15, 0.2) is 12.1 Å². The van der Waals surface area contributed by atoms with Gasteiger partial charge >= 0.3 is 5.97 Å². The zero-order valence-electron chi connectivity index (χ0n) is 7.09. The fourth-order valence-corrected chi connectivity index (χ4v) is 1.11. The summed E-state index contributed by atoms with van der Waals surface area (Å²) in [5.41, 5.74) is 7.92. The number of nitrogens with two attached hydrogens (primary N) is 1. The number of hydrogen-bond acceptors (Lipinski definition) is 2. The van der Waals surface area contributed by atoms with Crippen molar-refractivity contribution >= 4 is 11.7 Å². The lowest BCUT2D eigenvalue weighted by atomic mass is 10.0. The summed E-state index contributed by atoms with van der Waals surface area (Å²) < 4.78 is 0. The van der Waals surface area contributed by atoms with E-state index in [4.69, 9.17) is 10.8 Å². The third kappa shape index (κ3) is 1.39. The Morgan fingerprint density at radius 2 is 2.00 bits per heavy atom. The van der Waals surface area contributed by atoms with Crippen molar-refractivity contribution in [3.8, 4) is 0 Å². The van der Waals surface area contributed by atoms with Gasteiger partial charge in [-0.25, -0.2) is 4.79 Å². The van der Waals surface area contributed by atoms with Gasteiger partial charge < -0.3 is 10.8 Å². The Bertz CT molecular complexity index is 332. The van der Waals surface area contributed by atoms with Gasteiger partial charge in [0.25, 0.3) is 0 Å². The first-order valence-electron chi connectivity index (χ1n) is 3.62. The summed E-state index contributed by atoms with van der Waals surface area (Å²) in [5, 5.41) is 8.76. The topological polar surface area (TPSA) is 63.3 Å². The van der Waals surface area contributed by atoms with E-state index in [2.05, 4.69) is 0 Å². The highest BCUT2D eigenvalue weighted by atomic mass is 16.4. The minimum Gasteiger partial charge on any atom is -0.478 e. The number of anilines is 1. The molecule has 3 nitrogen and oxygen atoms in total. The molecule has 0 atom stereocenters. The molecule has 0 saturated carbocycles. The molecule has 0 aliphatic rings. The van der Waals surface area contributed by atoms with Crippen LogP contribution in [-0.2, 0) is 0 Å². The molecule has 0 heterocycles. The lowest BCUT2D eigenvalue weighted by Crippen LogP contribution is -2.03. The van der Waals surface area contributed by atoms with Crippen LogP contribution in [0, 0.1) is 13.8 Å². The van der Waals surface area contributed by atoms with Gasteiger partial charge in [-0.2, -0.15) is 0 Å². The van der Waals surface area contributed by atoms with Gasteiger partial charge in [-0.15, -0.1) is 0 Å². The Morgan fingerprint density at radius 1 is 1.42 bits per heavy atom. The first-order chi connectivity index (χ1) is 5.52. The van der Waals surface area contributed by atoms with Crippen molar-refractivity contribution in [2.45, 2.75) is 13.8 Å². The quantitative estimate of drug-likeness (QED) is 0.621. The first-order valence-corrected chi connectivity index (χ1v) is 3.62. The van der Waals surface area contributed by atoms with Gasteiger partial charge in [0.2, 0.25) is 0 Å². The minimum absolute atomic E-state index is 0.285. The molecule has 1 rings (SSSR count). The number of rotatable bonds is 1. The molecule has 3 heteroatoms. The molecule has 1 aromatic carbocycles. The van der Waals surface area contributed by atoms with E-state index in [0.717, 1.165) is 5.56 Å². The van der Waals surface area contributed by atoms with Gasteiger partial charge in [0.15, 0.2) is 0 Å². The van der Waals surface area contributed by atoms with Crippen LogP contribution in [0.2, 0.25) is 0 Å². The van der Waals surface area contributed by atoms with E-state index in [1.54, 1.807) is 19.1 Å². The Morgan fingerprint density at radius 3 is 2.50 bits per heavy atom. The Labute approximate surface area is 70.8 Å². The third-order valence-electron chi connectivity index (χ3n) is 1.82. The summed E-state index contributed by atoms with van der Waals surface area (Å²) in [6, 6.07) is 3.38. The van der Waals surface area contributed by atoms with Gasteiger partial charge in [0.05, 0.1) is 5.56 Å². The molecule has 0 fully saturated rings. The summed E-state index contributed by atoms with van der Waals surface area (Å²) in [6.07, 6.45) is 0. The lowest BCUT2D eigenvalue weighted by Gasteiger charge is -2.05. The van der Waals surface area contributed by atoms with Crippen LogP contribution in [0.1, 0.15) is 21.5 Å². The predicted octanol–water partition coefficient (Wildman–Crippen LogP) is 1.58. The van der Waals surface area contributed by atoms with Crippen molar-refractivity contribution in [3.63, 3.8) is 0 Å². The van der Waals surface area contributed by atoms with E-state index in [1.807, 2.05) is 6.92 Å². The van der Waals surface area contributed by atoms with Crippen LogP contribution in [0.25, 0.3) is 0 Å². The maximum absolute atomic E-state index is 10.7. The zero-order valence-corrected chi connectivity index (χ0v) is 7.09. The van der Waals surface area contributed by atoms with Gasteiger partial charge in [0.1, 0.15) is 0 Å². The predicted molar refractivity (Wildman–Crippen MR) is 47.3 cm³/mol. The number of carbonyl (C=O) groups is 1. The summed E-state index contributed by atoms with van der Waals surface area (Å²) in [7, 11) is 0. The second-order valence-corrected chi connectivity index (χ2v) is 2.83. The molecule has 3 N–H and O–H groups in total. The largest absolute Gasteiger partial charge is 0.478 e.